The van der Waals surface area contributed by atoms with Gasteiger partial charge in [0.15, 0.2) is 0 Å². The Morgan fingerprint density at radius 1 is 1.00 bits per heavy atom. The van der Waals surface area contributed by atoms with Gasteiger partial charge in [-0.15, -0.1) is 0 Å². The summed E-state index contributed by atoms with van der Waals surface area (Å²) in [7, 11) is -3.62. The van der Waals surface area contributed by atoms with Crippen molar-refractivity contribution in [2.75, 3.05) is 16.2 Å². The maximum atomic E-state index is 13.0. The van der Waals surface area contributed by atoms with Crippen molar-refractivity contribution in [2.24, 2.45) is 0 Å². The molecule has 154 valence electrons. The Bertz CT molecular complexity index is 1220. The van der Waals surface area contributed by atoms with Crippen molar-refractivity contribution < 1.29 is 13.2 Å². The number of carbonyl (C=O) groups is 1. The van der Waals surface area contributed by atoms with Crippen molar-refractivity contribution in [3.05, 3.63) is 87.4 Å². The third-order valence-corrected chi connectivity index (χ3v) is 7.55. The SMILES string of the molecule is Cc1cc(Br)cc(C)c1NC(=O)c1ccc2c(c1)CCN2S(=O)(=O)c1ccccc1. The normalized spacial score (nSPS) is 13.2. The van der Waals surface area contributed by atoms with Crippen LogP contribution in [-0.4, -0.2) is 20.9 Å². The van der Waals surface area contributed by atoms with Crippen LogP contribution in [0.4, 0.5) is 11.4 Å². The zero-order valence-electron chi connectivity index (χ0n) is 16.6. The lowest BCUT2D eigenvalue weighted by Gasteiger charge is -2.19. The number of aryl methyl sites for hydroxylation is 2. The van der Waals surface area contributed by atoms with Gasteiger partial charge in [-0.25, -0.2) is 8.42 Å². The van der Waals surface area contributed by atoms with Gasteiger partial charge in [-0.05, 0) is 79.4 Å². The molecule has 7 heteroatoms. The molecule has 0 unspecified atom stereocenters. The van der Waals surface area contributed by atoms with Gasteiger partial charge in [0.25, 0.3) is 15.9 Å². The van der Waals surface area contributed by atoms with E-state index in [2.05, 4.69) is 21.2 Å². The first-order chi connectivity index (χ1) is 14.3. The number of benzene rings is 3. The Balaban J connectivity index is 1.61. The lowest BCUT2D eigenvalue weighted by Crippen LogP contribution is -2.29. The average molecular weight is 485 g/mol. The minimum atomic E-state index is -3.62. The molecule has 1 amide bonds. The Labute approximate surface area is 184 Å². The zero-order valence-corrected chi connectivity index (χ0v) is 19.0. The van der Waals surface area contributed by atoms with Crippen LogP contribution in [-0.2, 0) is 16.4 Å². The van der Waals surface area contributed by atoms with Crippen molar-refractivity contribution in [2.45, 2.75) is 25.2 Å². The molecule has 0 atom stereocenters. The first-order valence-corrected chi connectivity index (χ1v) is 11.8. The van der Waals surface area contributed by atoms with Gasteiger partial charge in [0, 0.05) is 22.3 Å². The van der Waals surface area contributed by atoms with Crippen LogP contribution < -0.4 is 9.62 Å². The van der Waals surface area contributed by atoms with Gasteiger partial charge in [-0.2, -0.15) is 0 Å². The van der Waals surface area contributed by atoms with Gasteiger partial charge in [0.2, 0.25) is 0 Å². The molecular weight excluding hydrogens is 464 g/mol. The van der Waals surface area contributed by atoms with E-state index in [1.165, 1.54) is 4.31 Å². The Morgan fingerprint density at radius 3 is 2.33 bits per heavy atom. The van der Waals surface area contributed by atoms with E-state index in [1.807, 2.05) is 26.0 Å². The molecule has 1 aliphatic rings. The summed E-state index contributed by atoms with van der Waals surface area (Å²) in [5.41, 5.74) is 4.72. The number of rotatable bonds is 4. The second kappa shape index (κ2) is 7.89. The molecule has 3 aromatic carbocycles. The number of anilines is 2. The number of nitrogens with one attached hydrogen (secondary N) is 1. The van der Waals surface area contributed by atoms with Gasteiger partial charge < -0.3 is 5.32 Å². The van der Waals surface area contributed by atoms with Crippen LogP contribution in [0.1, 0.15) is 27.0 Å². The van der Waals surface area contributed by atoms with Crippen molar-refractivity contribution in [1.29, 1.82) is 0 Å². The van der Waals surface area contributed by atoms with Crippen LogP contribution in [0.3, 0.4) is 0 Å². The van der Waals surface area contributed by atoms with E-state index in [4.69, 9.17) is 0 Å². The van der Waals surface area contributed by atoms with Crippen LogP contribution in [0.25, 0.3) is 0 Å². The molecular formula is C23H21BrN2O3S. The predicted octanol–water partition coefficient (Wildman–Crippen LogP) is 5.07. The minimum Gasteiger partial charge on any atom is -0.322 e. The molecule has 0 aromatic heterocycles. The van der Waals surface area contributed by atoms with Crippen LogP contribution >= 0.6 is 15.9 Å². The van der Waals surface area contributed by atoms with Gasteiger partial charge in [-0.1, -0.05) is 34.1 Å². The summed E-state index contributed by atoms with van der Waals surface area (Å²) in [5, 5.41) is 2.99. The molecule has 0 saturated carbocycles. The smallest absolute Gasteiger partial charge is 0.264 e. The summed E-state index contributed by atoms with van der Waals surface area (Å²) in [6.45, 7) is 4.26. The van der Waals surface area contributed by atoms with E-state index in [1.54, 1.807) is 48.5 Å². The second-order valence-corrected chi connectivity index (χ2v) is 10.1. The zero-order chi connectivity index (χ0) is 21.5. The fraction of sp³-hybridized carbons (Fsp3) is 0.174. The van der Waals surface area contributed by atoms with Gasteiger partial charge >= 0.3 is 0 Å². The summed E-state index contributed by atoms with van der Waals surface area (Å²) in [5.74, 6) is -0.212. The third kappa shape index (κ3) is 3.75. The number of fused-ring (bicyclic) bond motifs is 1. The highest BCUT2D eigenvalue weighted by atomic mass is 79.9. The maximum Gasteiger partial charge on any atom is 0.264 e. The van der Waals surface area contributed by atoms with Crippen LogP contribution in [0.2, 0.25) is 0 Å². The minimum absolute atomic E-state index is 0.212. The monoisotopic (exact) mass is 484 g/mol. The summed E-state index contributed by atoms with van der Waals surface area (Å²) < 4.78 is 28.4. The van der Waals surface area contributed by atoms with Gasteiger partial charge in [0.05, 0.1) is 10.6 Å². The number of nitrogens with zero attached hydrogens (tertiary/aromatic N) is 1. The summed E-state index contributed by atoms with van der Waals surface area (Å²) in [6, 6.07) is 17.5. The highest BCUT2D eigenvalue weighted by Gasteiger charge is 2.31. The molecule has 0 bridgehead atoms. The lowest BCUT2D eigenvalue weighted by atomic mass is 10.1. The standard InChI is InChI=1S/C23H21BrN2O3S/c1-15-12-19(24)13-16(2)22(15)25-23(27)18-8-9-21-17(14-18)10-11-26(21)30(28,29)20-6-4-3-5-7-20/h3-9,12-14H,10-11H2,1-2H3,(H,25,27). The summed E-state index contributed by atoms with van der Waals surface area (Å²) in [4.78, 5) is 13.1. The quantitative estimate of drug-likeness (QED) is 0.561. The highest BCUT2D eigenvalue weighted by Crippen LogP contribution is 2.34. The number of carbonyl (C=O) groups excluding carboxylic acids is 1. The topological polar surface area (TPSA) is 66.5 Å². The van der Waals surface area contributed by atoms with E-state index in [0.29, 0.717) is 24.2 Å². The molecule has 0 aliphatic carbocycles. The maximum absolute atomic E-state index is 13.0. The molecule has 1 N–H and O–H groups in total. The van der Waals surface area contributed by atoms with E-state index in [-0.39, 0.29) is 10.8 Å². The number of halogens is 1. The number of hydrogen-bond donors (Lipinski definition) is 1. The van der Waals surface area contributed by atoms with Crippen molar-refractivity contribution >= 4 is 43.2 Å². The molecule has 0 radical (unpaired) electrons. The molecule has 4 rings (SSSR count). The fourth-order valence-electron chi connectivity index (χ4n) is 3.78. The van der Waals surface area contributed by atoms with E-state index in [9.17, 15) is 13.2 Å². The molecule has 0 saturated heterocycles. The molecule has 0 fully saturated rings. The molecule has 3 aromatic rings. The lowest BCUT2D eigenvalue weighted by molar-refractivity contribution is 0.102. The Kier molecular flexibility index (Phi) is 5.42. The highest BCUT2D eigenvalue weighted by molar-refractivity contribution is 9.10. The fourth-order valence-corrected chi connectivity index (χ4v) is 5.99. The Hall–Kier alpha value is -2.64. The van der Waals surface area contributed by atoms with Crippen LogP contribution in [0.5, 0.6) is 0 Å². The molecule has 0 spiro atoms. The van der Waals surface area contributed by atoms with E-state index < -0.39 is 10.0 Å². The van der Waals surface area contributed by atoms with Crippen molar-refractivity contribution in [3.63, 3.8) is 0 Å². The largest absolute Gasteiger partial charge is 0.322 e. The number of sulfonamides is 1. The Morgan fingerprint density at radius 2 is 1.67 bits per heavy atom. The predicted molar refractivity (Wildman–Crippen MR) is 123 cm³/mol. The van der Waals surface area contributed by atoms with Crippen LogP contribution in [0.15, 0.2) is 70.0 Å². The molecule has 30 heavy (non-hydrogen) atoms. The first-order valence-electron chi connectivity index (χ1n) is 9.56. The number of hydrogen-bond acceptors (Lipinski definition) is 3. The molecule has 5 nitrogen and oxygen atoms in total. The van der Waals surface area contributed by atoms with Crippen molar-refractivity contribution in [1.82, 2.24) is 0 Å². The summed E-state index contributed by atoms with van der Waals surface area (Å²) in [6.07, 6.45) is 0.568. The second-order valence-electron chi connectivity index (χ2n) is 7.35. The average Bonchev–Trinajstić information content (AvgIpc) is 3.15. The van der Waals surface area contributed by atoms with Crippen LogP contribution in [0, 0.1) is 13.8 Å². The molecule has 1 aliphatic heterocycles. The molecule has 1 heterocycles. The third-order valence-electron chi connectivity index (χ3n) is 5.26. The van der Waals surface area contributed by atoms with Gasteiger partial charge in [0.1, 0.15) is 0 Å². The van der Waals surface area contributed by atoms with Gasteiger partial charge in [-0.3, -0.25) is 9.10 Å². The van der Waals surface area contributed by atoms with E-state index >= 15 is 0 Å². The number of amides is 1. The summed E-state index contributed by atoms with van der Waals surface area (Å²) >= 11 is 3.46. The van der Waals surface area contributed by atoms with Crippen molar-refractivity contribution in [3.8, 4) is 0 Å². The van der Waals surface area contributed by atoms with E-state index in [0.717, 1.165) is 26.9 Å². The first kappa shape index (κ1) is 20.6.